The predicted molar refractivity (Wildman–Crippen MR) is 145 cm³/mol. The molecule has 1 saturated heterocycles. The van der Waals surface area contributed by atoms with Crippen molar-refractivity contribution >= 4 is 17.6 Å². The van der Waals surface area contributed by atoms with Gasteiger partial charge in [0.15, 0.2) is 0 Å². The molecule has 0 aliphatic carbocycles. The van der Waals surface area contributed by atoms with E-state index in [-0.39, 0.29) is 0 Å². The Hall–Kier alpha value is -3.74. The summed E-state index contributed by atoms with van der Waals surface area (Å²) < 4.78 is 5.53. The zero-order valence-electron chi connectivity index (χ0n) is 20.4. The molecule has 188 valence electrons. The van der Waals surface area contributed by atoms with E-state index >= 15 is 0 Å². The molecule has 1 N–H and O–H groups in total. The van der Waals surface area contributed by atoms with Gasteiger partial charge < -0.3 is 9.63 Å². The van der Waals surface area contributed by atoms with Crippen molar-refractivity contribution in [2.75, 3.05) is 13.1 Å². The first-order valence-electron chi connectivity index (χ1n) is 12.3. The third-order valence-electron chi connectivity index (χ3n) is 7.15. The van der Waals surface area contributed by atoms with Gasteiger partial charge in [-0.3, -0.25) is 9.69 Å². The Morgan fingerprint density at radius 1 is 1.03 bits per heavy atom. The van der Waals surface area contributed by atoms with Gasteiger partial charge >= 0.3 is 5.97 Å². The molecule has 1 aromatic heterocycles. The lowest BCUT2D eigenvalue weighted by atomic mass is 9.75. The Kier molecular flexibility index (Phi) is 7.22. The van der Waals surface area contributed by atoms with Gasteiger partial charge in [0.1, 0.15) is 0 Å². The van der Waals surface area contributed by atoms with Crippen LogP contribution in [-0.2, 0) is 11.3 Å². The Morgan fingerprint density at radius 3 is 2.38 bits per heavy atom. The normalized spacial score (nSPS) is 15.4. The quantitative estimate of drug-likeness (QED) is 0.256. The number of benzene rings is 3. The molecule has 37 heavy (non-hydrogen) atoms. The van der Waals surface area contributed by atoms with E-state index in [4.69, 9.17) is 16.1 Å². The number of carbonyl (C=O) groups is 1. The number of aromatic nitrogens is 2. The molecule has 3 aromatic carbocycles. The van der Waals surface area contributed by atoms with Gasteiger partial charge in [0.2, 0.25) is 5.82 Å². The van der Waals surface area contributed by atoms with Crippen molar-refractivity contribution in [2.45, 2.75) is 25.8 Å². The molecule has 1 aliphatic rings. The highest BCUT2D eigenvalue weighted by atomic mass is 35.5. The number of allylic oxidation sites excluding steroid dienone is 1. The van der Waals surface area contributed by atoms with Crippen molar-refractivity contribution in [2.24, 2.45) is 5.41 Å². The van der Waals surface area contributed by atoms with Crippen LogP contribution >= 0.6 is 11.6 Å². The fourth-order valence-electron chi connectivity index (χ4n) is 4.90. The summed E-state index contributed by atoms with van der Waals surface area (Å²) in [6.45, 7) is 6.01. The largest absolute Gasteiger partial charge is 0.481 e. The number of aliphatic carboxylic acids is 1. The summed E-state index contributed by atoms with van der Waals surface area (Å²) >= 11 is 6.55. The van der Waals surface area contributed by atoms with Gasteiger partial charge in [0.05, 0.1) is 5.41 Å². The smallest absolute Gasteiger partial charge is 0.310 e. The molecule has 6 nitrogen and oxygen atoms in total. The van der Waals surface area contributed by atoms with E-state index in [2.05, 4.69) is 33.8 Å². The zero-order valence-corrected chi connectivity index (χ0v) is 21.2. The first kappa shape index (κ1) is 24.9. The minimum atomic E-state index is -0.717. The highest BCUT2D eigenvalue weighted by Crippen LogP contribution is 2.36. The molecule has 0 saturated carbocycles. The molecule has 0 spiro atoms. The third-order valence-corrected chi connectivity index (χ3v) is 7.46. The van der Waals surface area contributed by atoms with Crippen LogP contribution in [0.1, 0.15) is 24.8 Å². The molecular weight excluding hydrogens is 486 g/mol. The van der Waals surface area contributed by atoms with Gasteiger partial charge in [-0.05, 0) is 55.6 Å². The van der Waals surface area contributed by atoms with Gasteiger partial charge in [-0.1, -0.05) is 83.5 Å². The van der Waals surface area contributed by atoms with E-state index in [0.717, 1.165) is 47.5 Å². The molecule has 1 aliphatic heterocycles. The number of hydrogen-bond donors (Lipinski definition) is 1. The van der Waals surface area contributed by atoms with Crippen LogP contribution in [0.25, 0.3) is 34.0 Å². The maximum atomic E-state index is 11.8. The minimum absolute atomic E-state index is 0.412. The summed E-state index contributed by atoms with van der Waals surface area (Å²) in [6.07, 6.45) is 3.50. The number of hydrogen-bond acceptors (Lipinski definition) is 5. The molecule has 0 amide bonds. The molecule has 5 rings (SSSR count). The summed E-state index contributed by atoms with van der Waals surface area (Å²) in [6, 6.07) is 23.8. The number of carboxylic acids is 1. The highest BCUT2D eigenvalue weighted by molar-refractivity contribution is 6.33. The second-order valence-corrected chi connectivity index (χ2v) is 9.94. The van der Waals surface area contributed by atoms with Crippen LogP contribution in [0.4, 0.5) is 0 Å². The monoisotopic (exact) mass is 513 g/mol. The van der Waals surface area contributed by atoms with Crippen LogP contribution < -0.4 is 0 Å². The zero-order chi connectivity index (χ0) is 25.8. The number of piperidine rings is 1. The van der Waals surface area contributed by atoms with E-state index in [1.54, 1.807) is 6.08 Å². The maximum Gasteiger partial charge on any atom is 0.310 e. The second-order valence-electron chi connectivity index (χ2n) is 9.54. The van der Waals surface area contributed by atoms with Crippen LogP contribution in [0.5, 0.6) is 0 Å². The fourth-order valence-corrected chi connectivity index (χ4v) is 5.19. The number of likely N-dealkylation sites (tertiary alicyclic amines) is 1. The van der Waals surface area contributed by atoms with E-state index in [1.807, 2.05) is 60.7 Å². The van der Waals surface area contributed by atoms with Crippen LogP contribution in [-0.4, -0.2) is 39.2 Å². The SMILES string of the molecule is C=CCC1(C(=O)O)CCN(Cc2ccc(-c3noc(-c4ccc(-c5ccccc5)c(Cl)c4)n3)cc2)CC1. The number of carboxylic acid groups (broad SMARTS) is 1. The van der Waals surface area contributed by atoms with Gasteiger partial charge in [-0.15, -0.1) is 6.58 Å². The summed E-state index contributed by atoms with van der Waals surface area (Å²) in [4.78, 5) is 18.7. The Labute approximate surface area is 221 Å². The summed E-state index contributed by atoms with van der Waals surface area (Å²) in [5.74, 6) is 0.207. The summed E-state index contributed by atoms with van der Waals surface area (Å²) in [5, 5.41) is 14.5. The average molecular weight is 514 g/mol. The van der Waals surface area contributed by atoms with Gasteiger partial charge in [-0.2, -0.15) is 4.98 Å². The topological polar surface area (TPSA) is 79.5 Å². The lowest BCUT2D eigenvalue weighted by Crippen LogP contribution is -2.43. The second kappa shape index (κ2) is 10.7. The van der Waals surface area contributed by atoms with E-state index in [1.165, 1.54) is 0 Å². The van der Waals surface area contributed by atoms with Crippen LogP contribution in [0.3, 0.4) is 0 Å². The minimum Gasteiger partial charge on any atom is -0.481 e. The van der Waals surface area contributed by atoms with Crippen molar-refractivity contribution in [3.63, 3.8) is 0 Å². The van der Waals surface area contributed by atoms with Crippen molar-refractivity contribution in [1.82, 2.24) is 15.0 Å². The predicted octanol–water partition coefficient (Wildman–Crippen LogP) is 6.97. The molecule has 0 radical (unpaired) electrons. The lowest BCUT2D eigenvalue weighted by Gasteiger charge is -2.38. The van der Waals surface area contributed by atoms with Crippen LogP contribution in [0.2, 0.25) is 5.02 Å². The maximum absolute atomic E-state index is 11.8. The molecule has 0 atom stereocenters. The molecule has 2 heterocycles. The van der Waals surface area contributed by atoms with Crippen molar-refractivity contribution in [3.8, 4) is 34.0 Å². The van der Waals surface area contributed by atoms with Gasteiger partial charge in [0.25, 0.3) is 5.89 Å². The van der Waals surface area contributed by atoms with E-state index in [0.29, 0.717) is 36.0 Å². The van der Waals surface area contributed by atoms with Crippen molar-refractivity contribution in [1.29, 1.82) is 0 Å². The van der Waals surface area contributed by atoms with Gasteiger partial charge in [0, 0.05) is 28.3 Å². The van der Waals surface area contributed by atoms with Crippen molar-refractivity contribution < 1.29 is 14.4 Å². The average Bonchev–Trinajstić information content (AvgIpc) is 3.41. The molecule has 4 aromatic rings. The summed E-state index contributed by atoms with van der Waals surface area (Å²) in [7, 11) is 0. The Balaban J connectivity index is 1.24. The number of halogens is 1. The van der Waals surface area contributed by atoms with Crippen molar-refractivity contribution in [3.05, 3.63) is 96.0 Å². The molecule has 1 fully saturated rings. The van der Waals surface area contributed by atoms with Gasteiger partial charge in [-0.25, -0.2) is 0 Å². The molecule has 0 bridgehead atoms. The van der Waals surface area contributed by atoms with E-state index in [9.17, 15) is 9.90 Å². The molecule has 7 heteroatoms. The van der Waals surface area contributed by atoms with Crippen LogP contribution in [0.15, 0.2) is 90.0 Å². The standard InChI is InChI=1S/C30H28ClN3O3/c1-2-14-30(29(35)36)15-17-34(18-16-30)20-21-8-10-23(11-9-21)27-32-28(37-33-27)24-12-13-25(26(31)19-24)22-6-4-3-5-7-22/h2-13,19H,1,14-18,20H2,(H,35,36). The van der Waals surface area contributed by atoms with Crippen LogP contribution in [0, 0.1) is 5.41 Å². The first-order valence-corrected chi connectivity index (χ1v) is 12.7. The molecule has 0 unspecified atom stereocenters. The highest BCUT2D eigenvalue weighted by Gasteiger charge is 2.40. The third kappa shape index (κ3) is 5.36. The number of nitrogens with zero attached hydrogens (tertiary/aromatic N) is 3. The summed E-state index contributed by atoms with van der Waals surface area (Å²) in [5.41, 5.74) is 4.10. The first-order chi connectivity index (χ1) is 18.0. The fraction of sp³-hybridized carbons (Fsp3) is 0.233. The van der Waals surface area contributed by atoms with E-state index < -0.39 is 11.4 Å². The number of rotatable bonds is 8. The Bertz CT molecular complexity index is 1390. The Morgan fingerprint density at radius 2 is 1.73 bits per heavy atom. The molecular formula is C30H28ClN3O3. The lowest BCUT2D eigenvalue weighted by molar-refractivity contribution is -0.152.